The number of para-hydroxylation sites is 1. The fraction of sp³-hybridized carbons (Fsp3) is 0.333. The first-order chi connectivity index (χ1) is 12.4. The molecular formula is C18H23N3O4S. The molecule has 0 aliphatic carbocycles. The second kappa shape index (κ2) is 9.19. The predicted octanol–water partition coefficient (Wildman–Crippen LogP) is 3.54. The highest BCUT2D eigenvalue weighted by atomic mass is 32.2. The van der Waals surface area contributed by atoms with Gasteiger partial charge in [0.05, 0.1) is 35.5 Å². The molecule has 1 aromatic carbocycles. The maximum Gasteiger partial charge on any atom is 0.340 e. The van der Waals surface area contributed by atoms with Crippen LogP contribution >= 0.6 is 0 Å². The lowest BCUT2D eigenvalue weighted by Crippen LogP contribution is -2.16. The summed E-state index contributed by atoms with van der Waals surface area (Å²) in [5.74, 6) is 0.144. The Morgan fingerprint density at radius 2 is 1.92 bits per heavy atom. The summed E-state index contributed by atoms with van der Waals surface area (Å²) < 4.78 is 31.4. The van der Waals surface area contributed by atoms with Gasteiger partial charge < -0.3 is 10.1 Å². The van der Waals surface area contributed by atoms with Crippen LogP contribution in [0.25, 0.3) is 0 Å². The highest BCUT2D eigenvalue weighted by Crippen LogP contribution is 2.21. The fourth-order valence-corrected chi connectivity index (χ4v) is 3.46. The van der Waals surface area contributed by atoms with Crippen LogP contribution in [0.4, 0.5) is 17.2 Å². The summed E-state index contributed by atoms with van der Waals surface area (Å²) in [6.07, 6.45) is 2.84. The molecule has 0 amide bonds. The molecule has 26 heavy (non-hydrogen) atoms. The number of aromatic nitrogens is 1. The molecule has 0 fully saturated rings. The van der Waals surface area contributed by atoms with Crippen LogP contribution < -0.4 is 10.0 Å². The van der Waals surface area contributed by atoms with Gasteiger partial charge in [-0.15, -0.1) is 0 Å². The molecule has 0 radical (unpaired) electrons. The van der Waals surface area contributed by atoms with Crippen molar-refractivity contribution in [2.75, 3.05) is 22.4 Å². The molecule has 0 aliphatic rings. The van der Waals surface area contributed by atoms with Gasteiger partial charge in [-0.3, -0.25) is 4.72 Å². The summed E-state index contributed by atoms with van der Waals surface area (Å²) in [6.45, 7) is 3.97. The van der Waals surface area contributed by atoms with Gasteiger partial charge in [-0.1, -0.05) is 25.5 Å². The Hall–Kier alpha value is -2.61. The summed E-state index contributed by atoms with van der Waals surface area (Å²) in [5.41, 5.74) is 1.36. The van der Waals surface area contributed by atoms with E-state index in [2.05, 4.69) is 15.0 Å². The molecule has 8 heteroatoms. The zero-order valence-electron chi connectivity index (χ0n) is 14.9. The van der Waals surface area contributed by atoms with Gasteiger partial charge in [-0.05, 0) is 37.6 Å². The minimum Gasteiger partial charge on any atom is -0.462 e. The van der Waals surface area contributed by atoms with Crippen molar-refractivity contribution in [3.05, 3.63) is 48.2 Å². The van der Waals surface area contributed by atoms with Crippen molar-refractivity contribution in [2.24, 2.45) is 0 Å². The number of nitrogens with zero attached hydrogens (tertiary/aromatic N) is 1. The van der Waals surface area contributed by atoms with Crippen LogP contribution in [0, 0.1) is 0 Å². The summed E-state index contributed by atoms with van der Waals surface area (Å²) in [6, 6.07) is 10.2. The Balaban J connectivity index is 2.10. The molecule has 2 rings (SSSR count). The van der Waals surface area contributed by atoms with Crippen molar-refractivity contribution in [1.82, 2.24) is 4.98 Å². The van der Waals surface area contributed by atoms with Gasteiger partial charge in [0.2, 0.25) is 10.0 Å². The number of pyridine rings is 1. The van der Waals surface area contributed by atoms with Gasteiger partial charge in [-0.2, -0.15) is 0 Å². The number of carbonyl (C=O) groups excluding carboxylic acids is 1. The Labute approximate surface area is 153 Å². The SMILES string of the molecule is CCCCS(=O)(=O)Nc1ccc(Nc2ccccc2C(=O)OCC)nc1. The van der Waals surface area contributed by atoms with E-state index in [-0.39, 0.29) is 12.4 Å². The first kappa shape index (κ1) is 19.7. The van der Waals surface area contributed by atoms with Gasteiger partial charge in [0.25, 0.3) is 0 Å². The Morgan fingerprint density at radius 1 is 1.15 bits per heavy atom. The van der Waals surface area contributed by atoms with Crippen LogP contribution in [-0.4, -0.2) is 31.7 Å². The van der Waals surface area contributed by atoms with Crippen LogP contribution in [0.5, 0.6) is 0 Å². The minimum absolute atomic E-state index is 0.0798. The topological polar surface area (TPSA) is 97.4 Å². The van der Waals surface area contributed by atoms with E-state index in [9.17, 15) is 13.2 Å². The highest BCUT2D eigenvalue weighted by molar-refractivity contribution is 7.92. The van der Waals surface area contributed by atoms with Crippen LogP contribution in [0.15, 0.2) is 42.6 Å². The highest BCUT2D eigenvalue weighted by Gasteiger charge is 2.13. The minimum atomic E-state index is -3.36. The van der Waals surface area contributed by atoms with E-state index in [0.717, 1.165) is 6.42 Å². The normalized spacial score (nSPS) is 11.0. The van der Waals surface area contributed by atoms with Gasteiger partial charge in [0.15, 0.2) is 0 Å². The number of nitrogens with one attached hydrogen (secondary N) is 2. The number of anilines is 3. The first-order valence-electron chi connectivity index (χ1n) is 8.45. The Bertz CT molecular complexity index is 836. The quantitative estimate of drug-likeness (QED) is 0.649. The number of benzene rings is 1. The molecule has 0 spiro atoms. The third-order valence-electron chi connectivity index (χ3n) is 3.49. The van der Waals surface area contributed by atoms with E-state index in [1.54, 1.807) is 43.3 Å². The molecule has 0 atom stereocenters. The second-order valence-corrected chi connectivity index (χ2v) is 7.44. The summed E-state index contributed by atoms with van der Waals surface area (Å²) in [5, 5.41) is 3.05. The van der Waals surface area contributed by atoms with Gasteiger partial charge in [-0.25, -0.2) is 18.2 Å². The van der Waals surface area contributed by atoms with Crippen molar-refractivity contribution in [1.29, 1.82) is 0 Å². The number of carbonyl (C=O) groups is 1. The predicted molar refractivity (Wildman–Crippen MR) is 102 cm³/mol. The largest absolute Gasteiger partial charge is 0.462 e. The van der Waals surface area contributed by atoms with E-state index in [1.807, 2.05) is 6.92 Å². The molecule has 0 saturated heterocycles. The first-order valence-corrected chi connectivity index (χ1v) is 10.1. The van der Waals surface area contributed by atoms with Gasteiger partial charge in [0.1, 0.15) is 5.82 Å². The number of esters is 1. The average Bonchev–Trinajstić information content (AvgIpc) is 2.62. The van der Waals surface area contributed by atoms with Gasteiger partial charge >= 0.3 is 5.97 Å². The number of unbranched alkanes of at least 4 members (excludes halogenated alkanes) is 1. The number of sulfonamides is 1. The van der Waals surface area contributed by atoms with E-state index >= 15 is 0 Å². The van der Waals surface area contributed by atoms with Gasteiger partial charge in [0, 0.05) is 0 Å². The van der Waals surface area contributed by atoms with Crippen LogP contribution in [0.2, 0.25) is 0 Å². The lowest BCUT2D eigenvalue weighted by Gasteiger charge is -2.11. The Morgan fingerprint density at radius 3 is 2.58 bits per heavy atom. The smallest absolute Gasteiger partial charge is 0.340 e. The van der Waals surface area contributed by atoms with E-state index < -0.39 is 16.0 Å². The number of hydrogen-bond acceptors (Lipinski definition) is 6. The van der Waals surface area contributed by atoms with Crippen LogP contribution in [0.1, 0.15) is 37.0 Å². The van der Waals surface area contributed by atoms with Crippen LogP contribution in [0.3, 0.4) is 0 Å². The summed E-state index contributed by atoms with van der Waals surface area (Å²) in [7, 11) is -3.36. The van der Waals surface area contributed by atoms with Crippen molar-refractivity contribution < 1.29 is 17.9 Å². The molecule has 0 aliphatic heterocycles. The van der Waals surface area contributed by atoms with Crippen LogP contribution in [-0.2, 0) is 14.8 Å². The zero-order chi connectivity index (χ0) is 19.0. The number of hydrogen-bond donors (Lipinski definition) is 2. The third-order valence-corrected chi connectivity index (χ3v) is 4.86. The lowest BCUT2D eigenvalue weighted by molar-refractivity contribution is 0.0527. The standard InChI is InChI=1S/C18H23N3O4S/c1-3-5-12-26(23,24)21-14-10-11-17(19-13-14)20-16-9-7-6-8-15(16)18(22)25-4-2/h6-11,13,21H,3-5,12H2,1-2H3,(H,19,20). The monoisotopic (exact) mass is 377 g/mol. The van der Waals surface area contributed by atoms with Crippen molar-refractivity contribution >= 4 is 33.2 Å². The molecule has 0 unspecified atom stereocenters. The summed E-state index contributed by atoms with van der Waals surface area (Å²) >= 11 is 0. The fourth-order valence-electron chi connectivity index (χ4n) is 2.21. The molecule has 2 N–H and O–H groups in total. The molecule has 1 heterocycles. The zero-order valence-corrected chi connectivity index (χ0v) is 15.7. The third kappa shape index (κ3) is 5.73. The second-order valence-electron chi connectivity index (χ2n) is 5.60. The van der Waals surface area contributed by atoms with Crippen molar-refractivity contribution in [3.8, 4) is 0 Å². The summed E-state index contributed by atoms with van der Waals surface area (Å²) in [4.78, 5) is 16.2. The molecule has 2 aromatic rings. The molecule has 0 saturated carbocycles. The average molecular weight is 377 g/mol. The van der Waals surface area contributed by atoms with E-state index in [1.165, 1.54) is 6.20 Å². The molecular weight excluding hydrogens is 354 g/mol. The maximum absolute atomic E-state index is 12.0. The van der Waals surface area contributed by atoms with Crippen molar-refractivity contribution in [2.45, 2.75) is 26.7 Å². The van der Waals surface area contributed by atoms with E-state index in [0.29, 0.717) is 29.2 Å². The lowest BCUT2D eigenvalue weighted by atomic mass is 10.2. The molecule has 1 aromatic heterocycles. The molecule has 7 nitrogen and oxygen atoms in total. The van der Waals surface area contributed by atoms with E-state index in [4.69, 9.17) is 4.74 Å². The van der Waals surface area contributed by atoms with Crippen molar-refractivity contribution in [3.63, 3.8) is 0 Å². The molecule has 140 valence electrons. The maximum atomic E-state index is 12.0. The number of rotatable bonds is 9. The molecule has 0 bridgehead atoms. The Kier molecular flexibility index (Phi) is 6.97. The number of ether oxygens (including phenoxy) is 1.